The zero-order valence-corrected chi connectivity index (χ0v) is 13.0. The van der Waals surface area contributed by atoms with Crippen LogP contribution < -0.4 is 9.64 Å². The van der Waals surface area contributed by atoms with E-state index in [9.17, 15) is 8.78 Å². The number of nitrogens with zero attached hydrogens (tertiary/aromatic N) is 2. The molecule has 0 N–H and O–H groups in total. The molecule has 1 aromatic rings. The summed E-state index contributed by atoms with van der Waals surface area (Å²) in [6, 6.07) is 6.27. The van der Waals surface area contributed by atoms with Gasteiger partial charge in [0.2, 0.25) is 0 Å². The number of benzene rings is 1. The molecule has 1 fully saturated rings. The Bertz CT molecular complexity index is 458. The molecule has 0 aliphatic carbocycles. The number of alkyl halides is 2. The number of piperazine rings is 1. The zero-order valence-electron chi connectivity index (χ0n) is 13.0. The summed E-state index contributed by atoms with van der Waals surface area (Å²) in [7, 11) is 1.68. The highest BCUT2D eigenvalue weighted by Gasteiger charge is 2.21. The third-order valence-corrected chi connectivity index (χ3v) is 3.98. The molecule has 1 aliphatic heterocycles. The van der Waals surface area contributed by atoms with Gasteiger partial charge in [0.1, 0.15) is 5.75 Å². The minimum absolute atomic E-state index is 0.128. The monoisotopic (exact) mass is 298 g/mol. The van der Waals surface area contributed by atoms with Crippen LogP contribution in [0.25, 0.3) is 0 Å². The topological polar surface area (TPSA) is 15.7 Å². The second-order valence-corrected chi connectivity index (χ2v) is 5.76. The molecule has 0 atom stereocenters. The Morgan fingerprint density at radius 2 is 1.81 bits per heavy atom. The van der Waals surface area contributed by atoms with Gasteiger partial charge in [-0.3, -0.25) is 4.90 Å². The van der Waals surface area contributed by atoms with Crippen LogP contribution in [-0.4, -0.2) is 51.2 Å². The lowest BCUT2D eigenvalue weighted by Gasteiger charge is -2.36. The second kappa shape index (κ2) is 7.07. The number of methoxy groups -OCH3 is 1. The number of hydrogen-bond acceptors (Lipinski definition) is 3. The first kappa shape index (κ1) is 16.0. The third-order valence-electron chi connectivity index (χ3n) is 3.98. The van der Waals surface area contributed by atoms with Gasteiger partial charge in [-0.1, -0.05) is 19.9 Å². The molecule has 0 aromatic heterocycles. The van der Waals surface area contributed by atoms with Crippen LogP contribution in [0.4, 0.5) is 14.5 Å². The first-order valence-electron chi connectivity index (χ1n) is 7.44. The quantitative estimate of drug-likeness (QED) is 0.830. The predicted octanol–water partition coefficient (Wildman–Crippen LogP) is 3.21. The fraction of sp³-hybridized carbons (Fsp3) is 0.625. The van der Waals surface area contributed by atoms with Gasteiger partial charge in [0, 0.05) is 26.2 Å². The average molecular weight is 298 g/mol. The largest absolute Gasteiger partial charge is 0.495 e. The number of hydrogen-bond donors (Lipinski definition) is 0. The lowest BCUT2D eigenvalue weighted by molar-refractivity contribution is 0.0854. The summed E-state index contributed by atoms with van der Waals surface area (Å²) in [6.45, 7) is 7.01. The van der Waals surface area contributed by atoms with E-state index < -0.39 is 6.43 Å². The average Bonchev–Trinajstić information content (AvgIpc) is 2.46. The summed E-state index contributed by atoms with van der Waals surface area (Å²) in [5, 5.41) is 0. The number of ether oxygens (including phenoxy) is 1. The van der Waals surface area contributed by atoms with Crippen molar-refractivity contribution in [2.45, 2.75) is 26.2 Å². The summed E-state index contributed by atoms with van der Waals surface area (Å²) < 4.78 is 30.3. The van der Waals surface area contributed by atoms with Crippen LogP contribution in [0.5, 0.6) is 5.75 Å². The molecular formula is C16H24F2N2O. The number of halogens is 2. The predicted molar refractivity (Wildman–Crippen MR) is 81.7 cm³/mol. The van der Waals surface area contributed by atoms with E-state index in [1.807, 2.05) is 4.90 Å². The van der Waals surface area contributed by atoms with Crippen LogP contribution >= 0.6 is 0 Å². The highest BCUT2D eigenvalue weighted by Crippen LogP contribution is 2.32. The van der Waals surface area contributed by atoms with Crippen molar-refractivity contribution in [2.24, 2.45) is 0 Å². The molecule has 2 rings (SSSR count). The van der Waals surface area contributed by atoms with Crippen LogP contribution in [0.2, 0.25) is 0 Å². The summed E-state index contributed by atoms with van der Waals surface area (Å²) in [5.74, 6) is 1.32. The van der Waals surface area contributed by atoms with Crippen molar-refractivity contribution in [3.05, 3.63) is 23.8 Å². The van der Waals surface area contributed by atoms with Gasteiger partial charge in [0.05, 0.1) is 19.3 Å². The second-order valence-electron chi connectivity index (χ2n) is 5.76. The van der Waals surface area contributed by atoms with Gasteiger partial charge >= 0.3 is 0 Å². The van der Waals surface area contributed by atoms with E-state index >= 15 is 0 Å². The summed E-state index contributed by atoms with van der Waals surface area (Å²) >= 11 is 0. The molecule has 1 aliphatic rings. The Morgan fingerprint density at radius 3 is 2.33 bits per heavy atom. The van der Waals surface area contributed by atoms with Crippen LogP contribution in [-0.2, 0) is 0 Å². The molecule has 0 radical (unpaired) electrons. The van der Waals surface area contributed by atoms with Gasteiger partial charge in [-0.2, -0.15) is 0 Å². The lowest BCUT2D eigenvalue weighted by atomic mass is 10.0. The van der Waals surface area contributed by atoms with E-state index in [1.54, 1.807) is 7.11 Å². The van der Waals surface area contributed by atoms with Gasteiger partial charge in [-0.15, -0.1) is 0 Å². The zero-order chi connectivity index (χ0) is 15.4. The fourth-order valence-corrected chi connectivity index (χ4v) is 2.68. The Balaban J connectivity index is 2.06. The van der Waals surface area contributed by atoms with Gasteiger partial charge in [-0.25, -0.2) is 8.78 Å². The number of anilines is 1. The molecule has 5 heteroatoms. The van der Waals surface area contributed by atoms with Crippen molar-refractivity contribution in [1.29, 1.82) is 0 Å². The molecule has 118 valence electrons. The molecule has 0 amide bonds. The normalized spacial score (nSPS) is 16.8. The molecule has 0 unspecified atom stereocenters. The van der Waals surface area contributed by atoms with Crippen LogP contribution in [0, 0.1) is 0 Å². The van der Waals surface area contributed by atoms with Crippen molar-refractivity contribution < 1.29 is 13.5 Å². The van der Waals surface area contributed by atoms with Crippen LogP contribution in [0.3, 0.4) is 0 Å². The minimum atomic E-state index is -2.25. The molecule has 1 heterocycles. The van der Waals surface area contributed by atoms with Crippen LogP contribution in [0.1, 0.15) is 25.3 Å². The molecule has 3 nitrogen and oxygen atoms in total. The van der Waals surface area contributed by atoms with Crippen molar-refractivity contribution in [1.82, 2.24) is 4.90 Å². The Morgan fingerprint density at radius 1 is 1.14 bits per heavy atom. The van der Waals surface area contributed by atoms with Crippen molar-refractivity contribution in [3.63, 3.8) is 0 Å². The van der Waals surface area contributed by atoms with Gasteiger partial charge in [-0.05, 0) is 23.6 Å². The highest BCUT2D eigenvalue weighted by molar-refractivity contribution is 5.60. The standard InChI is InChI=1S/C16H24F2N2O/c1-12(2)13-4-5-14(15(10-13)21-3)20-8-6-19(7-9-20)11-16(17)18/h4-5,10,12,16H,6-9,11H2,1-3H3. The third kappa shape index (κ3) is 4.06. The first-order chi connectivity index (χ1) is 10.0. The summed E-state index contributed by atoms with van der Waals surface area (Å²) in [5.41, 5.74) is 2.30. The van der Waals surface area contributed by atoms with Crippen molar-refractivity contribution in [2.75, 3.05) is 44.7 Å². The smallest absolute Gasteiger partial charge is 0.251 e. The number of rotatable bonds is 5. The van der Waals surface area contributed by atoms with E-state index in [2.05, 4.69) is 36.9 Å². The Labute approximate surface area is 125 Å². The van der Waals surface area contributed by atoms with Crippen molar-refractivity contribution >= 4 is 5.69 Å². The maximum atomic E-state index is 12.4. The van der Waals surface area contributed by atoms with E-state index in [-0.39, 0.29) is 6.54 Å². The molecule has 0 saturated carbocycles. The van der Waals surface area contributed by atoms with E-state index in [0.29, 0.717) is 19.0 Å². The summed E-state index contributed by atoms with van der Waals surface area (Å²) in [6.07, 6.45) is -2.25. The summed E-state index contributed by atoms with van der Waals surface area (Å²) in [4.78, 5) is 4.03. The fourth-order valence-electron chi connectivity index (χ4n) is 2.68. The van der Waals surface area contributed by atoms with Gasteiger partial charge < -0.3 is 9.64 Å². The molecule has 0 spiro atoms. The minimum Gasteiger partial charge on any atom is -0.495 e. The molecule has 1 saturated heterocycles. The molecule has 21 heavy (non-hydrogen) atoms. The first-order valence-corrected chi connectivity index (χ1v) is 7.44. The lowest BCUT2D eigenvalue weighted by Crippen LogP contribution is -2.47. The maximum absolute atomic E-state index is 12.4. The van der Waals surface area contributed by atoms with Gasteiger partial charge in [0.15, 0.2) is 0 Å². The van der Waals surface area contributed by atoms with E-state index in [0.717, 1.165) is 24.5 Å². The Kier molecular flexibility index (Phi) is 5.39. The van der Waals surface area contributed by atoms with Crippen LogP contribution in [0.15, 0.2) is 18.2 Å². The molecular weight excluding hydrogens is 274 g/mol. The molecule has 1 aromatic carbocycles. The van der Waals surface area contributed by atoms with E-state index in [4.69, 9.17) is 4.74 Å². The maximum Gasteiger partial charge on any atom is 0.251 e. The van der Waals surface area contributed by atoms with E-state index in [1.165, 1.54) is 5.56 Å². The van der Waals surface area contributed by atoms with Gasteiger partial charge in [0.25, 0.3) is 6.43 Å². The Hall–Kier alpha value is -1.36. The van der Waals surface area contributed by atoms with Crippen molar-refractivity contribution in [3.8, 4) is 5.75 Å². The SMILES string of the molecule is COc1cc(C(C)C)ccc1N1CCN(CC(F)F)CC1. The highest BCUT2D eigenvalue weighted by atomic mass is 19.3. The molecule has 0 bridgehead atoms.